The van der Waals surface area contributed by atoms with Crippen LogP contribution in [0, 0.1) is 0 Å². The van der Waals surface area contributed by atoms with Crippen molar-refractivity contribution in [3.05, 3.63) is 60.2 Å². The first-order valence-corrected chi connectivity index (χ1v) is 6.19. The van der Waals surface area contributed by atoms with Gasteiger partial charge in [-0.15, -0.1) is 0 Å². The molecule has 0 unspecified atom stereocenters. The van der Waals surface area contributed by atoms with E-state index in [1.807, 2.05) is 0 Å². The standard InChI is InChI=1S/C16H23N/c1-15(14-17(2)3)10-6-4-7-11-16-12-8-5-9-13-16/h4-6,8-9,12-13H,1,7,10-11,14H2,2-3H3. The Balaban J connectivity index is 2.16. The van der Waals surface area contributed by atoms with E-state index in [2.05, 4.69) is 68.1 Å². The minimum absolute atomic E-state index is 0.975. The largest absolute Gasteiger partial charge is 0.305 e. The molecule has 1 aromatic rings. The minimum atomic E-state index is 0.975. The molecule has 0 radical (unpaired) electrons. The zero-order valence-electron chi connectivity index (χ0n) is 11.0. The van der Waals surface area contributed by atoms with Gasteiger partial charge in [-0.1, -0.05) is 54.6 Å². The second kappa shape index (κ2) is 7.86. The lowest BCUT2D eigenvalue weighted by Crippen LogP contribution is -2.14. The summed E-state index contributed by atoms with van der Waals surface area (Å²) in [4.78, 5) is 2.15. The van der Waals surface area contributed by atoms with Crippen molar-refractivity contribution in [2.24, 2.45) is 0 Å². The van der Waals surface area contributed by atoms with Gasteiger partial charge in [-0.25, -0.2) is 0 Å². The molecule has 0 amide bonds. The second-order valence-corrected chi connectivity index (χ2v) is 4.69. The molecule has 0 aromatic heterocycles. The highest BCUT2D eigenvalue weighted by Gasteiger charge is 1.93. The molecule has 0 saturated heterocycles. The van der Waals surface area contributed by atoms with Gasteiger partial charge >= 0.3 is 0 Å². The van der Waals surface area contributed by atoms with Crippen LogP contribution < -0.4 is 0 Å². The summed E-state index contributed by atoms with van der Waals surface area (Å²) in [5.74, 6) is 0. The third kappa shape index (κ3) is 6.75. The van der Waals surface area contributed by atoms with Crippen LogP contribution in [0.1, 0.15) is 18.4 Å². The van der Waals surface area contributed by atoms with Gasteiger partial charge in [-0.2, -0.15) is 0 Å². The molecular weight excluding hydrogens is 206 g/mol. The predicted molar refractivity (Wildman–Crippen MR) is 76.2 cm³/mol. The Hall–Kier alpha value is -1.34. The molecule has 0 aliphatic heterocycles. The zero-order chi connectivity index (χ0) is 12.5. The summed E-state index contributed by atoms with van der Waals surface area (Å²) in [6, 6.07) is 10.6. The normalized spacial score (nSPS) is 11.2. The highest BCUT2D eigenvalue weighted by Crippen LogP contribution is 2.05. The van der Waals surface area contributed by atoms with Crippen LogP contribution in [0.4, 0.5) is 0 Å². The molecule has 0 fully saturated rings. The topological polar surface area (TPSA) is 3.24 Å². The molecule has 0 bridgehead atoms. The molecule has 0 aliphatic rings. The van der Waals surface area contributed by atoms with Crippen molar-refractivity contribution in [1.82, 2.24) is 4.90 Å². The van der Waals surface area contributed by atoms with E-state index in [0.717, 1.165) is 25.8 Å². The van der Waals surface area contributed by atoms with Crippen LogP contribution in [-0.4, -0.2) is 25.5 Å². The number of rotatable bonds is 7. The van der Waals surface area contributed by atoms with Gasteiger partial charge in [-0.05, 0) is 38.9 Å². The summed E-state index contributed by atoms with van der Waals surface area (Å²) in [6.07, 6.45) is 7.71. The molecule has 0 atom stereocenters. The van der Waals surface area contributed by atoms with Crippen molar-refractivity contribution >= 4 is 0 Å². The van der Waals surface area contributed by atoms with Gasteiger partial charge < -0.3 is 4.90 Å². The van der Waals surface area contributed by atoms with Gasteiger partial charge in [0, 0.05) is 6.54 Å². The summed E-state index contributed by atoms with van der Waals surface area (Å²) >= 11 is 0. The number of nitrogens with zero attached hydrogens (tertiary/aromatic N) is 1. The molecule has 0 saturated carbocycles. The maximum Gasteiger partial charge on any atom is 0.0187 e. The van der Waals surface area contributed by atoms with Crippen LogP contribution in [0.15, 0.2) is 54.6 Å². The van der Waals surface area contributed by atoms with E-state index < -0.39 is 0 Å². The van der Waals surface area contributed by atoms with Crippen LogP contribution in [0.25, 0.3) is 0 Å². The Morgan fingerprint density at radius 2 is 1.88 bits per heavy atom. The summed E-state index contributed by atoms with van der Waals surface area (Å²) in [7, 11) is 4.15. The predicted octanol–water partition coefficient (Wildman–Crippen LogP) is 3.68. The number of likely N-dealkylation sites (N-methyl/N-ethyl adjacent to an activating group) is 1. The van der Waals surface area contributed by atoms with Crippen LogP contribution in [0.5, 0.6) is 0 Å². The van der Waals surface area contributed by atoms with Gasteiger partial charge in [0.1, 0.15) is 0 Å². The Labute approximate surface area is 105 Å². The lowest BCUT2D eigenvalue weighted by molar-refractivity contribution is 0.443. The van der Waals surface area contributed by atoms with E-state index in [-0.39, 0.29) is 0 Å². The first-order chi connectivity index (χ1) is 8.18. The molecular formula is C16H23N. The van der Waals surface area contributed by atoms with E-state index in [0.29, 0.717) is 0 Å². The number of allylic oxidation sites excluding steroid dienone is 2. The molecule has 0 spiro atoms. The highest BCUT2D eigenvalue weighted by molar-refractivity contribution is 5.15. The van der Waals surface area contributed by atoms with Crippen LogP contribution >= 0.6 is 0 Å². The van der Waals surface area contributed by atoms with E-state index >= 15 is 0 Å². The van der Waals surface area contributed by atoms with Crippen molar-refractivity contribution in [2.45, 2.75) is 19.3 Å². The SMILES string of the molecule is C=C(CC=CCCc1ccccc1)CN(C)C. The fourth-order valence-electron chi connectivity index (χ4n) is 1.77. The maximum absolute atomic E-state index is 4.06. The lowest BCUT2D eigenvalue weighted by atomic mass is 10.1. The second-order valence-electron chi connectivity index (χ2n) is 4.69. The smallest absolute Gasteiger partial charge is 0.0187 e. The first-order valence-electron chi connectivity index (χ1n) is 6.19. The minimum Gasteiger partial charge on any atom is -0.305 e. The molecule has 17 heavy (non-hydrogen) atoms. The Morgan fingerprint density at radius 1 is 1.18 bits per heavy atom. The van der Waals surface area contributed by atoms with Gasteiger partial charge in [-0.3, -0.25) is 0 Å². The summed E-state index contributed by atoms with van der Waals surface area (Å²) < 4.78 is 0. The number of aryl methyl sites for hydroxylation is 1. The van der Waals surface area contributed by atoms with Crippen LogP contribution in [-0.2, 0) is 6.42 Å². The van der Waals surface area contributed by atoms with Crippen molar-refractivity contribution in [3.8, 4) is 0 Å². The van der Waals surface area contributed by atoms with Crippen molar-refractivity contribution < 1.29 is 0 Å². The van der Waals surface area contributed by atoms with E-state index in [1.165, 1.54) is 11.1 Å². The lowest BCUT2D eigenvalue weighted by Gasteiger charge is -2.09. The Kier molecular flexibility index (Phi) is 6.34. The fraction of sp³-hybridized carbons (Fsp3) is 0.375. The highest BCUT2D eigenvalue weighted by atomic mass is 15.0. The number of hydrogen-bond acceptors (Lipinski definition) is 1. The van der Waals surface area contributed by atoms with E-state index in [4.69, 9.17) is 0 Å². The Bertz CT molecular complexity index is 349. The maximum atomic E-state index is 4.06. The third-order valence-corrected chi connectivity index (χ3v) is 2.56. The van der Waals surface area contributed by atoms with E-state index in [9.17, 15) is 0 Å². The average molecular weight is 229 g/mol. The molecule has 0 aliphatic carbocycles. The van der Waals surface area contributed by atoms with Crippen molar-refractivity contribution in [1.29, 1.82) is 0 Å². The number of hydrogen-bond donors (Lipinski definition) is 0. The summed E-state index contributed by atoms with van der Waals surface area (Å²) in [5, 5.41) is 0. The molecule has 0 N–H and O–H groups in total. The molecule has 1 aromatic carbocycles. The van der Waals surface area contributed by atoms with Gasteiger partial charge in [0.25, 0.3) is 0 Å². The quantitative estimate of drug-likeness (QED) is 0.645. The average Bonchev–Trinajstić information content (AvgIpc) is 2.29. The van der Waals surface area contributed by atoms with Crippen LogP contribution in [0.2, 0.25) is 0 Å². The molecule has 1 heteroatoms. The molecule has 92 valence electrons. The Morgan fingerprint density at radius 3 is 2.53 bits per heavy atom. The van der Waals surface area contributed by atoms with Crippen molar-refractivity contribution in [2.75, 3.05) is 20.6 Å². The molecule has 0 heterocycles. The zero-order valence-corrected chi connectivity index (χ0v) is 11.0. The number of benzene rings is 1. The summed E-state index contributed by atoms with van der Waals surface area (Å²) in [6.45, 7) is 5.03. The fourth-order valence-corrected chi connectivity index (χ4v) is 1.77. The van der Waals surface area contributed by atoms with Gasteiger partial charge in [0.15, 0.2) is 0 Å². The van der Waals surface area contributed by atoms with Crippen molar-refractivity contribution in [3.63, 3.8) is 0 Å². The van der Waals surface area contributed by atoms with Gasteiger partial charge in [0.05, 0.1) is 0 Å². The summed E-state index contributed by atoms with van der Waals surface area (Å²) in [5.41, 5.74) is 2.68. The van der Waals surface area contributed by atoms with Gasteiger partial charge in [0.2, 0.25) is 0 Å². The third-order valence-electron chi connectivity index (χ3n) is 2.56. The van der Waals surface area contributed by atoms with E-state index in [1.54, 1.807) is 0 Å². The molecule has 1 nitrogen and oxygen atoms in total. The molecule has 1 rings (SSSR count). The monoisotopic (exact) mass is 229 g/mol. The first kappa shape index (κ1) is 13.7. The van der Waals surface area contributed by atoms with Crippen LogP contribution in [0.3, 0.4) is 0 Å².